The monoisotopic (exact) mass is 543 g/mol. The van der Waals surface area contributed by atoms with E-state index >= 15 is 0 Å². The number of carbonyl (C=O) groups excluding carboxylic acids is 3. The Labute approximate surface area is 232 Å². The molecule has 216 valence electrons. The molecule has 0 aromatic heterocycles. The zero-order chi connectivity index (χ0) is 28.2. The predicted molar refractivity (Wildman–Crippen MR) is 145 cm³/mol. The van der Waals surface area contributed by atoms with Crippen LogP contribution in [0.4, 0.5) is 0 Å². The van der Waals surface area contributed by atoms with Crippen molar-refractivity contribution in [2.75, 3.05) is 26.2 Å². The van der Waals surface area contributed by atoms with Gasteiger partial charge in [-0.3, -0.25) is 19.3 Å². The molecule has 8 nitrogen and oxygen atoms in total. The Balaban J connectivity index is 1.44. The SMILES string of the molecule is CCCC1O[C@@H]2C[C@H]3[C@@H]4CCC5=CC(=O)C=C[C@]5(C)[C@H]4[C@@H](O)C[C@]3(C)[C@]2(C(=O)COC(=O)CN(CC)CC)O1. The van der Waals surface area contributed by atoms with Crippen molar-refractivity contribution in [2.24, 2.45) is 28.6 Å². The highest BCUT2D eigenvalue weighted by Crippen LogP contribution is 2.69. The number of hydrogen-bond donors (Lipinski definition) is 1. The minimum absolute atomic E-state index is 0.00955. The molecule has 4 fully saturated rings. The number of likely N-dealkylation sites (N-methyl/N-ethyl adjacent to an activating group) is 1. The van der Waals surface area contributed by atoms with Gasteiger partial charge in [-0.05, 0) is 69.2 Å². The molecule has 1 N–H and O–H groups in total. The van der Waals surface area contributed by atoms with Gasteiger partial charge in [-0.2, -0.15) is 0 Å². The summed E-state index contributed by atoms with van der Waals surface area (Å²) in [5, 5.41) is 11.8. The second-order valence-corrected chi connectivity index (χ2v) is 12.7. The summed E-state index contributed by atoms with van der Waals surface area (Å²) in [6.07, 6.45) is 7.98. The number of aliphatic hydroxyl groups excluding tert-OH is 1. The third kappa shape index (κ3) is 4.37. The first-order valence-electron chi connectivity index (χ1n) is 14.9. The number of Topliss-reactive ketones (excluding diaryl/α,β-unsaturated/α-hetero) is 1. The Bertz CT molecular complexity index is 1070. The Hall–Kier alpha value is -1.87. The van der Waals surface area contributed by atoms with Crippen molar-refractivity contribution in [3.63, 3.8) is 0 Å². The molecule has 3 saturated carbocycles. The van der Waals surface area contributed by atoms with Crippen LogP contribution >= 0.6 is 0 Å². The van der Waals surface area contributed by atoms with Crippen molar-refractivity contribution in [2.45, 2.75) is 97.2 Å². The van der Waals surface area contributed by atoms with E-state index in [9.17, 15) is 19.5 Å². The van der Waals surface area contributed by atoms with Crippen LogP contribution in [-0.2, 0) is 28.6 Å². The highest BCUT2D eigenvalue weighted by atomic mass is 16.7. The van der Waals surface area contributed by atoms with Gasteiger partial charge in [-0.15, -0.1) is 0 Å². The molecule has 8 heteroatoms. The van der Waals surface area contributed by atoms with Crippen LogP contribution in [0.5, 0.6) is 0 Å². The predicted octanol–water partition coefficient (Wildman–Crippen LogP) is 3.61. The van der Waals surface area contributed by atoms with Gasteiger partial charge in [0.25, 0.3) is 0 Å². The number of rotatable bonds is 9. The fourth-order valence-corrected chi connectivity index (χ4v) is 8.93. The number of ether oxygens (including phenoxy) is 3. The van der Waals surface area contributed by atoms with Crippen LogP contribution in [0.25, 0.3) is 0 Å². The summed E-state index contributed by atoms with van der Waals surface area (Å²) in [6.45, 7) is 11.5. The van der Waals surface area contributed by atoms with Crippen LogP contribution in [0.2, 0.25) is 0 Å². The van der Waals surface area contributed by atoms with E-state index in [1.165, 1.54) is 0 Å². The largest absolute Gasteiger partial charge is 0.457 e. The van der Waals surface area contributed by atoms with Crippen molar-refractivity contribution in [1.82, 2.24) is 4.90 Å². The van der Waals surface area contributed by atoms with E-state index in [1.807, 2.05) is 24.8 Å². The summed E-state index contributed by atoms with van der Waals surface area (Å²) < 4.78 is 18.6. The lowest BCUT2D eigenvalue weighted by Crippen LogP contribution is -2.63. The van der Waals surface area contributed by atoms with Gasteiger partial charge in [0.1, 0.15) is 0 Å². The van der Waals surface area contributed by atoms with Gasteiger partial charge in [0.15, 0.2) is 24.3 Å². The zero-order valence-electron chi connectivity index (χ0n) is 24.1. The Morgan fingerprint density at radius 2 is 1.95 bits per heavy atom. The van der Waals surface area contributed by atoms with Gasteiger partial charge in [0.2, 0.25) is 5.78 Å². The number of fused-ring (bicyclic) bond motifs is 7. The molecular weight excluding hydrogens is 498 g/mol. The lowest BCUT2D eigenvalue weighted by Gasteiger charge is -2.59. The van der Waals surface area contributed by atoms with Gasteiger partial charge in [0.05, 0.1) is 18.8 Å². The summed E-state index contributed by atoms with van der Waals surface area (Å²) >= 11 is 0. The van der Waals surface area contributed by atoms with Gasteiger partial charge in [-0.25, -0.2) is 0 Å². The van der Waals surface area contributed by atoms with E-state index in [-0.39, 0.29) is 42.5 Å². The highest BCUT2D eigenvalue weighted by Gasteiger charge is 2.75. The minimum atomic E-state index is -1.27. The van der Waals surface area contributed by atoms with Gasteiger partial charge in [0, 0.05) is 16.7 Å². The molecule has 4 aliphatic carbocycles. The average Bonchev–Trinajstić information content (AvgIpc) is 3.38. The lowest BCUT2D eigenvalue weighted by molar-refractivity contribution is -0.201. The van der Waals surface area contributed by atoms with E-state index in [2.05, 4.69) is 20.8 Å². The van der Waals surface area contributed by atoms with Crippen LogP contribution in [0.1, 0.15) is 73.1 Å². The Morgan fingerprint density at radius 1 is 1.21 bits per heavy atom. The fraction of sp³-hybridized carbons (Fsp3) is 0.774. The first-order valence-corrected chi connectivity index (χ1v) is 14.9. The minimum Gasteiger partial charge on any atom is -0.457 e. The maximum absolute atomic E-state index is 14.1. The molecule has 0 spiro atoms. The second-order valence-electron chi connectivity index (χ2n) is 12.7. The smallest absolute Gasteiger partial charge is 0.320 e. The van der Waals surface area contributed by atoms with E-state index in [0.717, 1.165) is 37.9 Å². The summed E-state index contributed by atoms with van der Waals surface area (Å²) in [6, 6.07) is 0. The summed E-state index contributed by atoms with van der Waals surface area (Å²) in [4.78, 5) is 40.8. The van der Waals surface area contributed by atoms with Crippen molar-refractivity contribution in [1.29, 1.82) is 0 Å². The van der Waals surface area contributed by atoms with Crippen LogP contribution in [0.3, 0.4) is 0 Å². The van der Waals surface area contributed by atoms with E-state index in [0.29, 0.717) is 19.3 Å². The number of allylic oxidation sites excluding steroid dienone is 4. The second kappa shape index (κ2) is 10.5. The molecule has 0 aromatic rings. The van der Waals surface area contributed by atoms with Crippen molar-refractivity contribution < 1.29 is 33.7 Å². The lowest BCUT2D eigenvalue weighted by atomic mass is 9.46. The van der Waals surface area contributed by atoms with Gasteiger partial charge >= 0.3 is 5.97 Å². The molecule has 0 amide bonds. The molecule has 1 unspecified atom stereocenters. The van der Waals surface area contributed by atoms with E-state index < -0.39 is 40.9 Å². The van der Waals surface area contributed by atoms with Crippen molar-refractivity contribution >= 4 is 17.5 Å². The maximum atomic E-state index is 14.1. The third-order valence-electron chi connectivity index (χ3n) is 10.8. The quantitative estimate of drug-likeness (QED) is 0.440. The fourth-order valence-electron chi connectivity index (χ4n) is 8.93. The molecule has 0 radical (unpaired) electrons. The van der Waals surface area contributed by atoms with E-state index in [1.54, 1.807) is 12.2 Å². The van der Waals surface area contributed by atoms with Crippen LogP contribution in [0.15, 0.2) is 23.8 Å². The van der Waals surface area contributed by atoms with Gasteiger partial charge in [-0.1, -0.05) is 52.7 Å². The normalized spacial score (nSPS) is 42.4. The summed E-state index contributed by atoms with van der Waals surface area (Å²) in [5.41, 5.74) is -1.24. The number of hydrogen-bond acceptors (Lipinski definition) is 8. The molecule has 5 aliphatic rings. The standard InChI is InChI=1S/C31H45NO7/c1-6-9-27-38-25-15-22-21-11-10-19-14-20(33)12-13-29(19,4)28(21)23(34)16-30(22,5)31(25,39-27)24(35)18-37-26(36)17-32(7-2)8-3/h12-14,21-23,25,27-28,34H,6-11,15-18H2,1-5H3/t21-,22-,23-,25+,27?,28+,29-,30-,31+/m0/s1. The number of ketones is 2. The highest BCUT2D eigenvalue weighted by molar-refractivity contribution is 6.01. The molecule has 0 bridgehead atoms. The Morgan fingerprint density at radius 3 is 2.64 bits per heavy atom. The summed E-state index contributed by atoms with van der Waals surface area (Å²) in [5.74, 6) is -0.486. The molecule has 0 aromatic carbocycles. The molecule has 1 heterocycles. The molecule has 39 heavy (non-hydrogen) atoms. The van der Waals surface area contributed by atoms with Gasteiger partial charge < -0.3 is 19.3 Å². The first-order chi connectivity index (χ1) is 18.5. The summed E-state index contributed by atoms with van der Waals surface area (Å²) in [7, 11) is 0. The number of carbonyl (C=O) groups is 3. The number of aliphatic hydroxyl groups is 1. The zero-order valence-corrected chi connectivity index (χ0v) is 24.1. The van der Waals surface area contributed by atoms with Crippen LogP contribution in [-0.4, -0.2) is 77.9 Å². The molecule has 5 rings (SSSR count). The third-order valence-corrected chi connectivity index (χ3v) is 10.8. The van der Waals surface area contributed by atoms with Crippen molar-refractivity contribution in [3.8, 4) is 0 Å². The van der Waals surface area contributed by atoms with Crippen LogP contribution in [0, 0.1) is 28.6 Å². The molecule has 1 saturated heterocycles. The van der Waals surface area contributed by atoms with Crippen LogP contribution < -0.4 is 0 Å². The maximum Gasteiger partial charge on any atom is 0.320 e. The molecule has 1 aliphatic heterocycles. The topological polar surface area (TPSA) is 102 Å². The molecule has 9 atom stereocenters. The Kier molecular flexibility index (Phi) is 7.72. The average molecular weight is 544 g/mol. The number of esters is 1. The van der Waals surface area contributed by atoms with Crippen molar-refractivity contribution in [3.05, 3.63) is 23.8 Å². The number of nitrogens with zero attached hydrogens (tertiary/aromatic N) is 1. The first kappa shape index (κ1) is 28.7. The molecular formula is C31H45NO7. The van der Waals surface area contributed by atoms with E-state index in [4.69, 9.17) is 14.2 Å².